The molecule has 0 atom stereocenters. The van der Waals surface area contributed by atoms with E-state index in [1.165, 1.54) is 11.8 Å². The monoisotopic (exact) mass is 247 g/mol. The lowest BCUT2D eigenvalue weighted by molar-refractivity contribution is 0.773. The van der Waals surface area contributed by atoms with Crippen molar-refractivity contribution in [3.8, 4) is 0 Å². The predicted molar refractivity (Wildman–Crippen MR) is 68.3 cm³/mol. The fraction of sp³-hybridized carbons (Fsp3) is 0.250. The summed E-state index contributed by atoms with van der Waals surface area (Å²) in [5.41, 5.74) is 1.36. The summed E-state index contributed by atoms with van der Waals surface area (Å²) in [6.45, 7) is 2.00. The number of rotatable bonds is 4. The highest BCUT2D eigenvalue weighted by molar-refractivity contribution is 7.99. The van der Waals surface area contributed by atoms with Crippen molar-refractivity contribution in [2.45, 2.75) is 18.5 Å². The van der Waals surface area contributed by atoms with Crippen LogP contribution >= 0.6 is 11.8 Å². The van der Waals surface area contributed by atoms with Gasteiger partial charge in [0.15, 0.2) is 5.16 Å². The number of aromatic amines is 1. The van der Waals surface area contributed by atoms with Crippen LogP contribution in [0.25, 0.3) is 0 Å². The van der Waals surface area contributed by atoms with E-state index in [-0.39, 0.29) is 5.56 Å². The maximum atomic E-state index is 11.7. The Morgan fingerprint density at radius 2 is 2.00 bits per heavy atom. The highest BCUT2D eigenvalue weighted by Gasteiger charge is 2.05. The van der Waals surface area contributed by atoms with Crippen molar-refractivity contribution in [3.05, 3.63) is 51.9 Å². The highest BCUT2D eigenvalue weighted by Crippen LogP contribution is 2.08. The Morgan fingerprint density at radius 3 is 2.65 bits per heavy atom. The number of benzene rings is 1. The molecule has 88 valence electrons. The van der Waals surface area contributed by atoms with E-state index in [9.17, 15) is 4.79 Å². The minimum atomic E-state index is -0.153. The van der Waals surface area contributed by atoms with Gasteiger partial charge in [0.1, 0.15) is 5.69 Å². The third kappa shape index (κ3) is 3.17. The number of thioether (sulfide) groups is 1. The van der Waals surface area contributed by atoms with Crippen LogP contribution in [0, 0.1) is 0 Å². The number of hydrogen-bond donors (Lipinski definition) is 1. The zero-order chi connectivity index (χ0) is 12.1. The Kier molecular flexibility index (Phi) is 3.93. The molecular formula is C12H13N3OS. The molecule has 5 heteroatoms. The first-order valence-electron chi connectivity index (χ1n) is 5.42. The molecule has 1 aromatic carbocycles. The number of nitrogens with one attached hydrogen (secondary N) is 1. The lowest BCUT2D eigenvalue weighted by Crippen LogP contribution is -2.17. The summed E-state index contributed by atoms with van der Waals surface area (Å²) in [5.74, 6) is 0.864. The molecule has 0 spiro atoms. The normalized spacial score (nSPS) is 10.4. The van der Waals surface area contributed by atoms with Crippen LogP contribution in [0.5, 0.6) is 0 Å². The summed E-state index contributed by atoms with van der Waals surface area (Å²) in [5, 5.41) is 8.54. The van der Waals surface area contributed by atoms with Gasteiger partial charge in [0.25, 0.3) is 5.56 Å². The molecule has 1 heterocycles. The number of nitrogens with zero attached hydrogens (tertiary/aromatic N) is 2. The molecule has 0 unspecified atom stereocenters. The molecule has 0 aliphatic carbocycles. The van der Waals surface area contributed by atoms with E-state index in [0.717, 1.165) is 11.3 Å². The minimum absolute atomic E-state index is 0.153. The van der Waals surface area contributed by atoms with Crippen molar-refractivity contribution in [3.63, 3.8) is 0 Å². The second-order valence-electron chi connectivity index (χ2n) is 3.50. The van der Waals surface area contributed by atoms with Crippen molar-refractivity contribution in [2.75, 3.05) is 5.75 Å². The van der Waals surface area contributed by atoms with Crippen molar-refractivity contribution in [2.24, 2.45) is 0 Å². The van der Waals surface area contributed by atoms with Gasteiger partial charge in [0.2, 0.25) is 0 Å². The third-order valence-corrected chi connectivity index (χ3v) is 2.99. The second kappa shape index (κ2) is 5.63. The van der Waals surface area contributed by atoms with Crippen LogP contribution in [0.4, 0.5) is 0 Å². The van der Waals surface area contributed by atoms with Crippen molar-refractivity contribution >= 4 is 11.8 Å². The van der Waals surface area contributed by atoms with E-state index in [1.807, 2.05) is 37.3 Å². The number of aromatic nitrogens is 3. The lowest BCUT2D eigenvalue weighted by Gasteiger charge is -2.00. The highest BCUT2D eigenvalue weighted by atomic mass is 32.2. The summed E-state index contributed by atoms with van der Waals surface area (Å²) in [7, 11) is 0. The molecule has 0 amide bonds. The first-order valence-corrected chi connectivity index (χ1v) is 6.40. The molecule has 0 fully saturated rings. The lowest BCUT2D eigenvalue weighted by atomic mass is 10.1. The Morgan fingerprint density at radius 1 is 1.24 bits per heavy atom. The first kappa shape index (κ1) is 11.9. The topological polar surface area (TPSA) is 58.6 Å². The molecule has 1 N–H and O–H groups in total. The average Bonchev–Trinajstić information content (AvgIpc) is 2.34. The van der Waals surface area contributed by atoms with Crippen LogP contribution in [0.15, 0.2) is 40.3 Å². The fourth-order valence-electron chi connectivity index (χ4n) is 1.45. The first-order chi connectivity index (χ1) is 8.29. The Balaban J connectivity index is 2.20. The van der Waals surface area contributed by atoms with E-state index in [4.69, 9.17) is 0 Å². The van der Waals surface area contributed by atoms with E-state index >= 15 is 0 Å². The number of hydrogen-bond acceptors (Lipinski definition) is 4. The van der Waals surface area contributed by atoms with Crippen LogP contribution in [-0.2, 0) is 6.42 Å². The summed E-state index contributed by atoms with van der Waals surface area (Å²) in [6, 6.07) is 9.77. The van der Waals surface area contributed by atoms with Gasteiger partial charge in [0.05, 0.1) is 0 Å². The largest absolute Gasteiger partial charge is 0.298 e. The van der Waals surface area contributed by atoms with Crippen LogP contribution in [0.1, 0.15) is 18.2 Å². The maximum absolute atomic E-state index is 11.7. The van der Waals surface area contributed by atoms with Crippen molar-refractivity contribution in [1.82, 2.24) is 15.2 Å². The van der Waals surface area contributed by atoms with Crippen LogP contribution in [-0.4, -0.2) is 20.9 Å². The van der Waals surface area contributed by atoms with Gasteiger partial charge in [-0.05, 0) is 11.3 Å². The van der Waals surface area contributed by atoms with Gasteiger partial charge >= 0.3 is 0 Å². The molecule has 17 heavy (non-hydrogen) atoms. The van der Waals surface area contributed by atoms with E-state index in [1.54, 1.807) is 0 Å². The Hall–Kier alpha value is -1.62. The smallest absolute Gasteiger partial charge is 0.273 e. The van der Waals surface area contributed by atoms with Crippen LogP contribution in [0.2, 0.25) is 0 Å². The fourth-order valence-corrected chi connectivity index (χ4v) is 1.99. The van der Waals surface area contributed by atoms with Crippen molar-refractivity contribution in [1.29, 1.82) is 0 Å². The minimum Gasteiger partial charge on any atom is -0.298 e. The van der Waals surface area contributed by atoms with Gasteiger partial charge in [-0.3, -0.25) is 9.78 Å². The van der Waals surface area contributed by atoms with Gasteiger partial charge in [-0.25, -0.2) is 0 Å². The van der Waals surface area contributed by atoms with E-state index in [0.29, 0.717) is 17.3 Å². The maximum Gasteiger partial charge on any atom is 0.273 e. The number of H-pyrrole nitrogens is 1. The van der Waals surface area contributed by atoms with Gasteiger partial charge in [0, 0.05) is 6.42 Å². The standard InChI is InChI=1S/C12H13N3OS/c1-2-17-12-13-11(16)10(14-15-12)8-9-6-4-3-5-7-9/h3-7H,2,8H2,1H3,(H,13,15,16). The Labute approximate surface area is 103 Å². The van der Waals surface area contributed by atoms with Crippen molar-refractivity contribution < 1.29 is 0 Å². The third-order valence-electron chi connectivity index (χ3n) is 2.24. The van der Waals surface area contributed by atoms with Crippen LogP contribution < -0.4 is 5.56 Å². The van der Waals surface area contributed by atoms with Gasteiger partial charge in [-0.2, -0.15) is 0 Å². The predicted octanol–water partition coefficient (Wildman–Crippen LogP) is 1.87. The molecule has 2 rings (SSSR count). The zero-order valence-electron chi connectivity index (χ0n) is 9.51. The van der Waals surface area contributed by atoms with Crippen LogP contribution in [0.3, 0.4) is 0 Å². The summed E-state index contributed by atoms with van der Waals surface area (Å²) in [4.78, 5) is 14.5. The molecular weight excluding hydrogens is 234 g/mol. The van der Waals surface area contributed by atoms with Gasteiger partial charge < -0.3 is 0 Å². The quantitative estimate of drug-likeness (QED) is 0.838. The molecule has 0 saturated heterocycles. The molecule has 4 nitrogen and oxygen atoms in total. The zero-order valence-corrected chi connectivity index (χ0v) is 10.3. The SMILES string of the molecule is CCSc1nnc(Cc2ccccc2)c(=O)[nH]1. The molecule has 2 aromatic rings. The summed E-state index contributed by atoms with van der Waals surface area (Å²) >= 11 is 1.48. The Bertz CT molecular complexity index is 539. The average molecular weight is 247 g/mol. The molecule has 0 aliphatic heterocycles. The molecule has 1 aromatic heterocycles. The summed E-state index contributed by atoms with van der Waals surface area (Å²) in [6.07, 6.45) is 0.514. The molecule has 0 bridgehead atoms. The van der Waals surface area contributed by atoms with Gasteiger partial charge in [-0.1, -0.05) is 49.0 Å². The van der Waals surface area contributed by atoms with E-state index < -0.39 is 0 Å². The summed E-state index contributed by atoms with van der Waals surface area (Å²) < 4.78 is 0. The second-order valence-corrected chi connectivity index (χ2v) is 4.75. The molecule has 0 aliphatic rings. The van der Waals surface area contributed by atoms with Gasteiger partial charge in [-0.15, -0.1) is 10.2 Å². The molecule has 0 saturated carbocycles. The van der Waals surface area contributed by atoms with E-state index in [2.05, 4.69) is 15.2 Å². The molecule has 0 radical (unpaired) electrons.